The van der Waals surface area contributed by atoms with Crippen LogP contribution in [0.2, 0.25) is 0 Å². The zero-order valence-corrected chi connectivity index (χ0v) is 12.4. The minimum atomic E-state index is -0.306. The first-order valence-corrected chi connectivity index (χ1v) is 7.15. The normalized spacial score (nSPS) is 19.6. The van der Waals surface area contributed by atoms with E-state index in [0.29, 0.717) is 18.1 Å². The molecule has 20 heavy (non-hydrogen) atoms. The number of aryl methyl sites for hydroxylation is 1. The SMILES string of the molecule is CC(C)c1nn(C)c(N2CCCCC2CN)c1[N+](=O)[O-]. The van der Waals surface area contributed by atoms with E-state index in [1.165, 1.54) is 0 Å². The molecular weight excluding hydrogens is 258 g/mol. The molecule has 0 saturated carbocycles. The second kappa shape index (κ2) is 5.78. The van der Waals surface area contributed by atoms with E-state index in [4.69, 9.17) is 5.73 Å². The molecule has 0 spiro atoms. The highest BCUT2D eigenvalue weighted by Gasteiger charge is 2.35. The van der Waals surface area contributed by atoms with Gasteiger partial charge in [-0.3, -0.25) is 10.1 Å². The number of hydrogen-bond donors (Lipinski definition) is 1. The number of piperidine rings is 1. The summed E-state index contributed by atoms with van der Waals surface area (Å²) in [7, 11) is 1.77. The van der Waals surface area contributed by atoms with Crippen molar-refractivity contribution in [2.24, 2.45) is 12.8 Å². The third-order valence-corrected chi connectivity index (χ3v) is 3.92. The van der Waals surface area contributed by atoms with Crippen molar-refractivity contribution >= 4 is 11.5 Å². The first kappa shape index (κ1) is 14.8. The Morgan fingerprint density at radius 1 is 1.50 bits per heavy atom. The average molecular weight is 281 g/mol. The average Bonchev–Trinajstić information content (AvgIpc) is 2.76. The van der Waals surface area contributed by atoms with Gasteiger partial charge in [-0.1, -0.05) is 13.8 Å². The van der Waals surface area contributed by atoms with Crippen molar-refractivity contribution in [3.8, 4) is 0 Å². The van der Waals surface area contributed by atoms with Gasteiger partial charge in [-0.15, -0.1) is 0 Å². The summed E-state index contributed by atoms with van der Waals surface area (Å²) in [4.78, 5) is 13.3. The first-order valence-electron chi connectivity index (χ1n) is 7.15. The van der Waals surface area contributed by atoms with Crippen LogP contribution in [0.4, 0.5) is 11.5 Å². The van der Waals surface area contributed by atoms with Crippen molar-refractivity contribution in [2.45, 2.75) is 45.1 Å². The Kier molecular flexibility index (Phi) is 4.27. The lowest BCUT2D eigenvalue weighted by atomic mass is 10.0. The lowest BCUT2D eigenvalue weighted by molar-refractivity contribution is -0.385. The van der Waals surface area contributed by atoms with Gasteiger partial charge in [0.25, 0.3) is 0 Å². The first-order chi connectivity index (χ1) is 9.47. The number of aromatic nitrogens is 2. The zero-order chi connectivity index (χ0) is 14.9. The number of anilines is 1. The van der Waals surface area contributed by atoms with E-state index in [0.717, 1.165) is 25.8 Å². The van der Waals surface area contributed by atoms with Crippen LogP contribution in [0.15, 0.2) is 0 Å². The van der Waals surface area contributed by atoms with Gasteiger partial charge in [0, 0.05) is 32.1 Å². The van der Waals surface area contributed by atoms with Crippen molar-refractivity contribution in [3.63, 3.8) is 0 Å². The maximum Gasteiger partial charge on any atom is 0.334 e. The second-order valence-corrected chi connectivity index (χ2v) is 5.67. The minimum Gasteiger partial charge on any atom is -0.347 e. The molecule has 1 aromatic heterocycles. The van der Waals surface area contributed by atoms with Gasteiger partial charge in [-0.2, -0.15) is 5.10 Å². The Bertz CT molecular complexity index is 497. The lowest BCUT2D eigenvalue weighted by Gasteiger charge is -2.35. The number of rotatable bonds is 4. The highest BCUT2D eigenvalue weighted by atomic mass is 16.6. The molecule has 1 aliphatic rings. The summed E-state index contributed by atoms with van der Waals surface area (Å²) in [5, 5.41) is 15.9. The molecule has 2 N–H and O–H groups in total. The van der Waals surface area contributed by atoms with E-state index >= 15 is 0 Å². The zero-order valence-electron chi connectivity index (χ0n) is 12.4. The van der Waals surface area contributed by atoms with Gasteiger partial charge in [0.2, 0.25) is 5.82 Å². The van der Waals surface area contributed by atoms with Crippen molar-refractivity contribution in [2.75, 3.05) is 18.0 Å². The van der Waals surface area contributed by atoms with E-state index in [1.807, 2.05) is 13.8 Å². The molecule has 0 aliphatic carbocycles. The highest BCUT2D eigenvalue weighted by Crippen LogP contribution is 2.37. The minimum absolute atomic E-state index is 0.0245. The van der Waals surface area contributed by atoms with Crippen LogP contribution in [-0.2, 0) is 7.05 Å². The second-order valence-electron chi connectivity index (χ2n) is 5.67. The molecule has 0 aromatic carbocycles. The molecule has 1 fully saturated rings. The predicted octanol–water partition coefficient (Wildman–Crippen LogP) is 1.77. The Morgan fingerprint density at radius 2 is 2.20 bits per heavy atom. The fourth-order valence-corrected chi connectivity index (χ4v) is 2.93. The van der Waals surface area contributed by atoms with Crippen LogP contribution in [0.25, 0.3) is 0 Å². The van der Waals surface area contributed by atoms with E-state index in [1.54, 1.807) is 11.7 Å². The van der Waals surface area contributed by atoms with Crippen molar-refractivity contribution in [3.05, 3.63) is 15.8 Å². The number of nitrogens with zero attached hydrogens (tertiary/aromatic N) is 4. The van der Waals surface area contributed by atoms with Gasteiger partial charge < -0.3 is 10.6 Å². The van der Waals surface area contributed by atoms with Crippen LogP contribution in [0, 0.1) is 10.1 Å². The monoisotopic (exact) mass is 281 g/mol. The van der Waals surface area contributed by atoms with Crippen molar-refractivity contribution in [1.82, 2.24) is 9.78 Å². The summed E-state index contributed by atoms with van der Waals surface area (Å²) in [6.45, 7) is 5.17. The van der Waals surface area contributed by atoms with Crippen LogP contribution in [0.5, 0.6) is 0 Å². The Balaban J connectivity index is 2.51. The molecule has 0 amide bonds. The Hall–Kier alpha value is -1.63. The Labute approximate surface area is 118 Å². The van der Waals surface area contributed by atoms with Crippen LogP contribution in [0.1, 0.15) is 44.7 Å². The molecule has 1 aromatic rings. The van der Waals surface area contributed by atoms with Crippen LogP contribution in [-0.4, -0.2) is 33.8 Å². The van der Waals surface area contributed by atoms with E-state index in [-0.39, 0.29) is 22.6 Å². The molecule has 1 aliphatic heterocycles. The molecule has 1 unspecified atom stereocenters. The van der Waals surface area contributed by atoms with Gasteiger partial charge in [0.1, 0.15) is 5.69 Å². The predicted molar refractivity (Wildman–Crippen MR) is 78.0 cm³/mol. The van der Waals surface area contributed by atoms with Crippen molar-refractivity contribution in [1.29, 1.82) is 0 Å². The summed E-state index contributed by atoms with van der Waals surface area (Å²) in [5.74, 6) is 0.630. The van der Waals surface area contributed by atoms with Gasteiger partial charge in [0.15, 0.2) is 0 Å². The number of hydrogen-bond acceptors (Lipinski definition) is 5. The summed E-state index contributed by atoms with van der Waals surface area (Å²) >= 11 is 0. The molecule has 112 valence electrons. The smallest absolute Gasteiger partial charge is 0.334 e. The van der Waals surface area contributed by atoms with Gasteiger partial charge >= 0.3 is 5.69 Å². The van der Waals surface area contributed by atoms with E-state index < -0.39 is 0 Å². The maximum absolute atomic E-state index is 11.5. The molecule has 2 heterocycles. The topological polar surface area (TPSA) is 90.2 Å². The van der Waals surface area contributed by atoms with Gasteiger partial charge in [-0.05, 0) is 19.3 Å². The molecule has 2 rings (SSSR count). The summed E-state index contributed by atoms with van der Waals surface area (Å²) < 4.78 is 1.64. The molecule has 7 heteroatoms. The molecule has 0 bridgehead atoms. The van der Waals surface area contributed by atoms with Crippen LogP contribution in [0.3, 0.4) is 0 Å². The molecule has 1 saturated heterocycles. The van der Waals surface area contributed by atoms with Crippen LogP contribution >= 0.6 is 0 Å². The largest absolute Gasteiger partial charge is 0.347 e. The molecule has 0 radical (unpaired) electrons. The maximum atomic E-state index is 11.5. The highest BCUT2D eigenvalue weighted by molar-refractivity contribution is 5.63. The van der Waals surface area contributed by atoms with Gasteiger partial charge in [-0.25, -0.2) is 4.68 Å². The third-order valence-electron chi connectivity index (χ3n) is 3.92. The molecule has 7 nitrogen and oxygen atoms in total. The quantitative estimate of drug-likeness (QED) is 0.671. The number of nitrogens with two attached hydrogens (primary N) is 1. The third kappa shape index (κ3) is 2.49. The summed E-state index contributed by atoms with van der Waals surface area (Å²) in [6, 6.07) is 0.165. The standard InChI is InChI=1S/C13H23N5O2/c1-9(2)11-12(18(19)20)13(16(3)15-11)17-7-5-4-6-10(17)8-14/h9-10H,4-8,14H2,1-3H3. The summed E-state index contributed by atoms with van der Waals surface area (Å²) in [6.07, 6.45) is 3.15. The van der Waals surface area contributed by atoms with Gasteiger partial charge in [0.05, 0.1) is 4.92 Å². The fourth-order valence-electron chi connectivity index (χ4n) is 2.93. The Morgan fingerprint density at radius 3 is 2.75 bits per heavy atom. The fraction of sp³-hybridized carbons (Fsp3) is 0.769. The summed E-state index contributed by atoms with van der Waals surface area (Å²) in [5.41, 5.74) is 6.52. The van der Waals surface area contributed by atoms with E-state index in [2.05, 4.69) is 10.00 Å². The van der Waals surface area contributed by atoms with Crippen LogP contribution < -0.4 is 10.6 Å². The lowest BCUT2D eigenvalue weighted by Crippen LogP contribution is -2.45. The molecular formula is C13H23N5O2. The number of nitro groups is 1. The molecule has 1 atom stereocenters. The van der Waals surface area contributed by atoms with E-state index in [9.17, 15) is 10.1 Å². The van der Waals surface area contributed by atoms with Crippen molar-refractivity contribution < 1.29 is 4.92 Å².